The predicted octanol–water partition coefficient (Wildman–Crippen LogP) is 2.65. The topological polar surface area (TPSA) is 127 Å². The van der Waals surface area contributed by atoms with Crippen LogP contribution in [0.4, 0.5) is 21.9 Å². The molecule has 0 saturated heterocycles. The van der Waals surface area contributed by atoms with E-state index in [1.54, 1.807) is 25.1 Å². The minimum Gasteiger partial charge on any atom is -0.366 e. The highest BCUT2D eigenvalue weighted by atomic mass is 16.6. The number of anilines is 2. The molecule has 0 saturated carbocycles. The fourth-order valence-electron chi connectivity index (χ4n) is 1.98. The number of rotatable bonds is 4. The molecule has 0 heterocycles. The van der Waals surface area contributed by atoms with Gasteiger partial charge in [-0.25, -0.2) is 4.79 Å². The predicted molar refractivity (Wildman–Crippen MR) is 85.4 cm³/mol. The highest BCUT2D eigenvalue weighted by Crippen LogP contribution is 2.22. The number of urea groups is 1. The SMILES string of the molecule is Cc1ccc(NC(=O)Nc2ccccc2C(N)=O)cc1[N+](=O)[O-]. The number of nitro groups is 1. The second kappa shape index (κ2) is 6.56. The summed E-state index contributed by atoms with van der Waals surface area (Å²) in [7, 11) is 0. The van der Waals surface area contributed by atoms with Crippen LogP contribution in [-0.4, -0.2) is 16.9 Å². The van der Waals surface area contributed by atoms with E-state index in [-0.39, 0.29) is 22.6 Å². The fraction of sp³-hybridized carbons (Fsp3) is 0.0667. The lowest BCUT2D eigenvalue weighted by Crippen LogP contribution is -2.22. The van der Waals surface area contributed by atoms with Crippen molar-refractivity contribution in [3.05, 3.63) is 63.7 Å². The summed E-state index contributed by atoms with van der Waals surface area (Å²) in [4.78, 5) is 33.6. The molecular formula is C15H14N4O4. The summed E-state index contributed by atoms with van der Waals surface area (Å²) in [5.41, 5.74) is 6.29. The van der Waals surface area contributed by atoms with Gasteiger partial charge in [0.1, 0.15) is 0 Å². The number of aryl methyl sites for hydroxylation is 1. The normalized spacial score (nSPS) is 9.96. The number of nitrogens with zero attached hydrogens (tertiary/aromatic N) is 1. The minimum absolute atomic E-state index is 0.0969. The zero-order valence-corrected chi connectivity index (χ0v) is 12.2. The molecule has 0 aliphatic heterocycles. The van der Waals surface area contributed by atoms with Crippen LogP contribution in [0.15, 0.2) is 42.5 Å². The van der Waals surface area contributed by atoms with Crippen molar-refractivity contribution in [2.45, 2.75) is 6.92 Å². The molecule has 3 amide bonds. The lowest BCUT2D eigenvalue weighted by Gasteiger charge is -2.10. The van der Waals surface area contributed by atoms with Gasteiger partial charge >= 0.3 is 6.03 Å². The molecule has 0 unspecified atom stereocenters. The van der Waals surface area contributed by atoms with E-state index >= 15 is 0 Å². The molecule has 0 bridgehead atoms. The van der Waals surface area contributed by atoms with Gasteiger partial charge in [-0.15, -0.1) is 0 Å². The first-order chi connectivity index (χ1) is 10.9. The summed E-state index contributed by atoms with van der Waals surface area (Å²) in [6, 6.07) is 9.95. The van der Waals surface area contributed by atoms with Gasteiger partial charge in [-0.3, -0.25) is 14.9 Å². The van der Waals surface area contributed by atoms with Crippen molar-refractivity contribution in [2.75, 3.05) is 10.6 Å². The third kappa shape index (κ3) is 3.82. The van der Waals surface area contributed by atoms with Crippen LogP contribution in [-0.2, 0) is 0 Å². The Labute approximate surface area is 131 Å². The van der Waals surface area contributed by atoms with Crippen molar-refractivity contribution in [3.8, 4) is 0 Å². The second-order valence-electron chi connectivity index (χ2n) is 4.75. The van der Waals surface area contributed by atoms with Gasteiger partial charge in [0.25, 0.3) is 11.6 Å². The number of hydrogen-bond donors (Lipinski definition) is 3. The lowest BCUT2D eigenvalue weighted by atomic mass is 10.1. The van der Waals surface area contributed by atoms with Crippen molar-refractivity contribution >= 4 is 29.0 Å². The van der Waals surface area contributed by atoms with Crippen LogP contribution >= 0.6 is 0 Å². The largest absolute Gasteiger partial charge is 0.366 e. The smallest absolute Gasteiger partial charge is 0.323 e. The number of hydrogen-bond acceptors (Lipinski definition) is 4. The van der Waals surface area contributed by atoms with Gasteiger partial charge in [-0.05, 0) is 25.1 Å². The highest BCUT2D eigenvalue weighted by molar-refractivity contribution is 6.06. The Morgan fingerprint density at radius 3 is 2.48 bits per heavy atom. The molecule has 0 aliphatic rings. The van der Waals surface area contributed by atoms with Crippen LogP contribution in [0.1, 0.15) is 15.9 Å². The van der Waals surface area contributed by atoms with Crippen molar-refractivity contribution in [1.82, 2.24) is 0 Å². The number of para-hydroxylation sites is 1. The number of carbonyl (C=O) groups is 2. The van der Waals surface area contributed by atoms with E-state index in [1.165, 1.54) is 24.3 Å². The molecule has 8 nitrogen and oxygen atoms in total. The summed E-state index contributed by atoms with van der Waals surface area (Å²) in [5.74, 6) is -0.674. The molecule has 0 aliphatic carbocycles. The van der Waals surface area contributed by atoms with E-state index in [4.69, 9.17) is 5.73 Å². The number of amides is 3. The highest BCUT2D eigenvalue weighted by Gasteiger charge is 2.14. The van der Waals surface area contributed by atoms with Gasteiger partial charge in [-0.2, -0.15) is 0 Å². The number of primary amides is 1. The van der Waals surface area contributed by atoms with E-state index in [0.717, 1.165) is 0 Å². The molecule has 0 atom stereocenters. The van der Waals surface area contributed by atoms with Crippen molar-refractivity contribution < 1.29 is 14.5 Å². The first kappa shape index (κ1) is 16.0. The van der Waals surface area contributed by atoms with Crippen LogP contribution in [0.5, 0.6) is 0 Å². The average Bonchev–Trinajstić information content (AvgIpc) is 2.49. The first-order valence-electron chi connectivity index (χ1n) is 6.60. The standard InChI is InChI=1S/C15H14N4O4/c1-9-6-7-10(8-13(9)19(22)23)17-15(21)18-12-5-3-2-4-11(12)14(16)20/h2-8H,1H3,(H2,16,20)(H2,17,18,21). The maximum Gasteiger partial charge on any atom is 0.323 e. The van der Waals surface area contributed by atoms with E-state index in [1.807, 2.05) is 0 Å². The van der Waals surface area contributed by atoms with E-state index < -0.39 is 16.9 Å². The zero-order chi connectivity index (χ0) is 17.0. The van der Waals surface area contributed by atoms with E-state index in [9.17, 15) is 19.7 Å². The Morgan fingerprint density at radius 1 is 1.13 bits per heavy atom. The number of nitrogens with two attached hydrogens (primary N) is 1. The van der Waals surface area contributed by atoms with Crippen LogP contribution in [0.25, 0.3) is 0 Å². The molecule has 2 rings (SSSR count). The Balaban J connectivity index is 2.16. The molecule has 23 heavy (non-hydrogen) atoms. The van der Waals surface area contributed by atoms with Crippen LogP contribution < -0.4 is 16.4 Å². The molecule has 0 spiro atoms. The second-order valence-corrected chi connectivity index (χ2v) is 4.75. The fourth-order valence-corrected chi connectivity index (χ4v) is 1.98. The number of nitrogens with one attached hydrogen (secondary N) is 2. The third-order valence-corrected chi connectivity index (χ3v) is 3.10. The van der Waals surface area contributed by atoms with Gasteiger partial charge in [0, 0.05) is 17.3 Å². The average molecular weight is 314 g/mol. The van der Waals surface area contributed by atoms with Crippen LogP contribution in [0.3, 0.4) is 0 Å². The summed E-state index contributed by atoms with van der Waals surface area (Å²) in [5, 5.41) is 15.9. The lowest BCUT2D eigenvalue weighted by molar-refractivity contribution is -0.385. The molecule has 2 aromatic carbocycles. The summed E-state index contributed by atoms with van der Waals surface area (Å²) in [6.45, 7) is 1.60. The molecule has 0 aromatic heterocycles. The van der Waals surface area contributed by atoms with E-state index in [2.05, 4.69) is 10.6 Å². The summed E-state index contributed by atoms with van der Waals surface area (Å²) in [6.07, 6.45) is 0. The van der Waals surface area contributed by atoms with Gasteiger partial charge in [0.15, 0.2) is 0 Å². The minimum atomic E-state index is -0.674. The molecule has 0 radical (unpaired) electrons. The van der Waals surface area contributed by atoms with Gasteiger partial charge in [0.2, 0.25) is 0 Å². The molecule has 2 aromatic rings. The monoisotopic (exact) mass is 314 g/mol. The number of nitro benzene ring substituents is 1. The maximum absolute atomic E-state index is 12.0. The maximum atomic E-state index is 12.0. The Morgan fingerprint density at radius 2 is 1.83 bits per heavy atom. The number of benzene rings is 2. The van der Waals surface area contributed by atoms with E-state index in [0.29, 0.717) is 5.56 Å². The third-order valence-electron chi connectivity index (χ3n) is 3.10. The molecular weight excluding hydrogens is 300 g/mol. The molecule has 4 N–H and O–H groups in total. The zero-order valence-electron chi connectivity index (χ0n) is 12.2. The Hall–Kier alpha value is -3.42. The molecule has 0 fully saturated rings. The Bertz CT molecular complexity index is 789. The first-order valence-corrected chi connectivity index (χ1v) is 6.60. The quantitative estimate of drug-likeness (QED) is 0.592. The molecule has 118 valence electrons. The van der Waals surface area contributed by atoms with Crippen LogP contribution in [0.2, 0.25) is 0 Å². The van der Waals surface area contributed by atoms with Crippen molar-refractivity contribution in [2.24, 2.45) is 5.73 Å². The number of carbonyl (C=O) groups excluding carboxylic acids is 2. The van der Waals surface area contributed by atoms with Gasteiger partial charge < -0.3 is 16.4 Å². The van der Waals surface area contributed by atoms with Crippen molar-refractivity contribution in [3.63, 3.8) is 0 Å². The summed E-state index contributed by atoms with van der Waals surface area (Å²) >= 11 is 0. The van der Waals surface area contributed by atoms with Gasteiger partial charge in [0.05, 0.1) is 16.2 Å². The van der Waals surface area contributed by atoms with Gasteiger partial charge in [-0.1, -0.05) is 18.2 Å². The summed E-state index contributed by atoms with van der Waals surface area (Å²) < 4.78 is 0. The van der Waals surface area contributed by atoms with Crippen LogP contribution in [0, 0.1) is 17.0 Å². The van der Waals surface area contributed by atoms with Crippen molar-refractivity contribution in [1.29, 1.82) is 0 Å². The molecule has 8 heteroatoms. The Kier molecular flexibility index (Phi) is 4.55.